The minimum Gasteiger partial charge on any atom is -0.497 e. The first kappa shape index (κ1) is 19.7. The average molecular weight is 405 g/mol. The fourth-order valence-corrected chi connectivity index (χ4v) is 3.67. The first-order valence-corrected chi connectivity index (χ1v) is 9.92. The topological polar surface area (TPSA) is 79.0 Å². The molecule has 0 radical (unpaired) electrons. The molecule has 7 nitrogen and oxygen atoms in total. The zero-order valence-electron chi connectivity index (χ0n) is 16.8. The van der Waals surface area contributed by atoms with E-state index in [0.29, 0.717) is 5.75 Å². The van der Waals surface area contributed by atoms with Gasteiger partial charge in [0.2, 0.25) is 0 Å². The number of hydrogen-bond donors (Lipinski definition) is 1. The Morgan fingerprint density at radius 2 is 1.63 bits per heavy atom. The minimum atomic E-state index is -0.720. The smallest absolute Gasteiger partial charge is 0.331 e. The quantitative estimate of drug-likeness (QED) is 0.611. The number of ether oxygens (including phenoxy) is 1. The molecule has 2 aromatic rings. The zero-order chi connectivity index (χ0) is 21.1. The molecule has 4 amide bonds. The highest BCUT2D eigenvalue weighted by atomic mass is 16.5. The Labute approximate surface area is 174 Å². The Morgan fingerprint density at radius 1 is 0.967 bits per heavy atom. The molecule has 2 aromatic carbocycles. The van der Waals surface area contributed by atoms with Crippen molar-refractivity contribution < 1.29 is 19.1 Å². The lowest BCUT2D eigenvalue weighted by molar-refractivity contribution is -0.130. The third-order valence-corrected chi connectivity index (χ3v) is 5.36. The van der Waals surface area contributed by atoms with Crippen molar-refractivity contribution in [3.8, 4) is 5.75 Å². The van der Waals surface area contributed by atoms with Gasteiger partial charge in [0, 0.05) is 18.8 Å². The summed E-state index contributed by atoms with van der Waals surface area (Å²) < 4.78 is 5.12. The van der Waals surface area contributed by atoms with Crippen LogP contribution in [0.3, 0.4) is 0 Å². The molecular formula is C23H23N3O4. The fourth-order valence-electron chi connectivity index (χ4n) is 3.67. The number of benzene rings is 2. The number of amides is 4. The van der Waals surface area contributed by atoms with Gasteiger partial charge in [0.25, 0.3) is 11.8 Å². The van der Waals surface area contributed by atoms with E-state index >= 15 is 0 Å². The Hall–Kier alpha value is -3.61. The highest BCUT2D eigenvalue weighted by molar-refractivity contribution is 6.30. The molecule has 2 saturated heterocycles. The van der Waals surface area contributed by atoms with Crippen LogP contribution in [-0.4, -0.2) is 42.9 Å². The van der Waals surface area contributed by atoms with Crippen molar-refractivity contribution in [1.82, 2.24) is 10.2 Å². The van der Waals surface area contributed by atoms with E-state index in [1.54, 1.807) is 31.4 Å². The molecule has 0 saturated carbocycles. The van der Waals surface area contributed by atoms with Crippen molar-refractivity contribution in [2.45, 2.75) is 19.4 Å². The molecule has 0 atom stereocenters. The van der Waals surface area contributed by atoms with Crippen molar-refractivity contribution in [3.05, 3.63) is 65.2 Å². The zero-order valence-corrected chi connectivity index (χ0v) is 16.8. The second-order valence-corrected chi connectivity index (χ2v) is 7.34. The number of nitrogens with one attached hydrogen (secondary N) is 1. The van der Waals surface area contributed by atoms with Gasteiger partial charge in [-0.05, 0) is 54.3 Å². The number of nitrogens with zero attached hydrogens (tertiary/aromatic N) is 2. The Morgan fingerprint density at radius 3 is 2.27 bits per heavy atom. The molecule has 4 rings (SSSR count). The van der Waals surface area contributed by atoms with Crippen LogP contribution >= 0.6 is 0 Å². The van der Waals surface area contributed by atoms with Crippen LogP contribution in [0.25, 0.3) is 6.08 Å². The molecule has 0 unspecified atom stereocenters. The molecule has 0 aliphatic carbocycles. The maximum absolute atomic E-state index is 12.9. The summed E-state index contributed by atoms with van der Waals surface area (Å²) in [5.74, 6) is -0.607. The summed E-state index contributed by atoms with van der Waals surface area (Å²) in [6.45, 7) is 2.15. The summed E-state index contributed by atoms with van der Waals surface area (Å²) in [6.07, 6.45) is 3.91. The van der Waals surface area contributed by atoms with Crippen molar-refractivity contribution >= 4 is 29.6 Å². The largest absolute Gasteiger partial charge is 0.497 e. The SMILES string of the molecule is COc1ccc(CN2C(=O)NC(=O)/C(=C\c3ccc(N4CCCC4)cc3)C2=O)cc1. The van der Waals surface area contributed by atoms with Crippen molar-refractivity contribution in [3.63, 3.8) is 0 Å². The van der Waals surface area contributed by atoms with Crippen molar-refractivity contribution in [1.29, 1.82) is 0 Å². The number of carbonyl (C=O) groups excluding carboxylic acids is 3. The van der Waals surface area contributed by atoms with E-state index in [9.17, 15) is 14.4 Å². The van der Waals surface area contributed by atoms with Gasteiger partial charge in [-0.25, -0.2) is 4.79 Å². The fraction of sp³-hybridized carbons (Fsp3) is 0.261. The summed E-state index contributed by atoms with van der Waals surface area (Å²) in [4.78, 5) is 40.8. The predicted octanol–water partition coefficient (Wildman–Crippen LogP) is 2.96. The molecule has 2 aliphatic rings. The predicted molar refractivity (Wildman–Crippen MR) is 113 cm³/mol. The summed E-state index contributed by atoms with van der Waals surface area (Å²) >= 11 is 0. The Balaban J connectivity index is 1.53. The normalized spacial score (nSPS) is 18.2. The number of hydrogen-bond acceptors (Lipinski definition) is 5. The van der Waals surface area contributed by atoms with E-state index < -0.39 is 17.8 Å². The maximum atomic E-state index is 12.9. The molecule has 0 bridgehead atoms. The monoisotopic (exact) mass is 405 g/mol. The molecule has 2 fully saturated rings. The third-order valence-electron chi connectivity index (χ3n) is 5.36. The molecule has 0 spiro atoms. The van der Waals surface area contributed by atoms with Crippen LogP contribution in [0, 0.1) is 0 Å². The van der Waals surface area contributed by atoms with Crippen LogP contribution in [0.1, 0.15) is 24.0 Å². The Kier molecular flexibility index (Phi) is 5.52. The minimum absolute atomic E-state index is 0.0583. The van der Waals surface area contributed by atoms with Gasteiger partial charge in [-0.2, -0.15) is 0 Å². The number of barbiturate groups is 1. The highest BCUT2D eigenvalue weighted by Crippen LogP contribution is 2.23. The second kappa shape index (κ2) is 8.41. The van der Waals surface area contributed by atoms with Crippen molar-refractivity contribution in [2.24, 2.45) is 0 Å². The average Bonchev–Trinajstić information content (AvgIpc) is 3.30. The number of methoxy groups -OCH3 is 1. The van der Waals surface area contributed by atoms with Crippen LogP contribution in [-0.2, 0) is 16.1 Å². The lowest BCUT2D eigenvalue weighted by Crippen LogP contribution is -2.53. The van der Waals surface area contributed by atoms with Gasteiger partial charge >= 0.3 is 6.03 Å². The third kappa shape index (κ3) is 4.05. The second-order valence-electron chi connectivity index (χ2n) is 7.34. The van der Waals surface area contributed by atoms with E-state index in [4.69, 9.17) is 4.74 Å². The summed E-state index contributed by atoms with van der Waals surface area (Å²) in [5, 5.41) is 2.26. The molecule has 30 heavy (non-hydrogen) atoms. The first-order chi connectivity index (χ1) is 14.5. The first-order valence-electron chi connectivity index (χ1n) is 9.92. The van der Waals surface area contributed by atoms with Gasteiger partial charge < -0.3 is 9.64 Å². The lowest BCUT2D eigenvalue weighted by Gasteiger charge is -2.26. The van der Waals surface area contributed by atoms with Gasteiger partial charge in [-0.1, -0.05) is 24.3 Å². The van der Waals surface area contributed by atoms with E-state index in [-0.39, 0.29) is 12.1 Å². The summed E-state index contributed by atoms with van der Waals surface area (Å²) in [5.41, 5.74) is 2.56. The van der Waals surface area contributed by atoms with Crippen molar-refractivity contribution in [2.75, 3.05) is 25.1 Å². The Bertz CT molecular complexity index is 990. The number of carbonyl (C=O) groups is 3. The van der Waals surface area contributed by atoms with Gasteiger partial charge in [0.15, 0.2) is 0 Å². The van der Waals surface area contributed by atoms with E-state index in [2.05, 4.69) is 10.2 Å². The van der Waals surface area contributed by atoms with Gasteiger partial charge in [0.05, 0.1) is 13.7 Å². The van der Waals surface area contributed by atoms with Gasteiger partial charge in [-0.3, -0.25) is 19.8 Å². The van der Waals surface area contributed by atoms with E-state index in [0.717, 1.165) is 34.8 Å². The molecule has 154 valence electrons. The van der Waals surface area contributed by atoms with Gasteiger partial charge in [0.1, 0.15) is 11.3 Å². The van der Waals surface area contributed by atoms with Crippen LogP contribution in [0.15, 0.2) is 54.1 Å². The lowest BCUT2D eigenvalue weighted by atomic mass is 10.1. The molecule has 0 aromatic heterocycles. The molecule has 7 heteroatoms. The van der Waals surface area contributed by atoms with Crippen LogP contribution in [0.4, 0.5) is 10.5 Å². The number of imide groups is 2. The van der Waals surface area contributed by atoms with E-state index in [1.807, 2.05) is 24.3 Å². The summed E-state index contributed by atoms with van der Waals surface area (Å²) in [7, 11) is 1.57. The molecule has 2 aliphatic heterocycles. The molecule has 2 heterocycles. The van der Waals surface area contributed by atoms with Crippen LogP contribution in [0.2, 0.25) is 0 Å². The number of urea groups is 1. The van der Waals surface area contributed by atoms with Gasteiger partial charge in [-0.15, -0.1) is 0 Å². The summed E-state index contributed by atoms with van der Waals surface area (Å²) in [6, 6.07) is 14.1. The number of rotatable bonds is 5. The standard InChI is InChI=1S/C23H23N3O4/c1-30-19-10-6-17(7-11-19)15-26-22(28)20(21(27)24-23(26)29)14-16-4-8-18(9-5-16)25-12-2-3-13-25/h4-11,14H,2-3,12-13,15H2,1H3,(H,24,27,29)/b20-14+. The van der Waals surface area contributed by atoms with Crippen LogP contribution < -0.4 is 15.0 Å². The molecular weight excluding hydrogens is 382 g/mol. The molecule has 1 N–H and O–H groups in total. The highest BCUT2D eigenvalue weighted by Gasteiger charge is 2.35. The van der Waals surface area contributed by atoms with Crippen LogP contribution in [0.5, 0.6) is 5.75 Å². The maximum Gasteiger partial charge on any atom is 0.331 e. The number of anilines is 1. The van der Waals surface area contributed by atoms with E-state index in [1.165, 1.54) is 18.9 Å².